The van der Waals surface area contributed by atoms with Crippen LogP contribution < -0.4 is 5.01 Å². The summed E-state index contributed by atoms with van der Waals surface area (Å²) in [5.74, 6) is 0.313. The second-order valence-corrected chi connectivity index (χ2v) is 5.81. The van der Waals surface area contributed by atoms with E-state index in [2.05, 4.69) is 11.3 Å². The number of hydrogen-bond acceptors (Lipinski definition) is 5. The summed E-state index contributed by atoms with van der Waals surface area (Å²) in [5.41, 5.74) is 9.00. The third-order valence-electron chi connectivity index (χ3n) is 3.19. The molecule has 1 aliphatic carbocycles. The molecule has 0 heterocycles. The van der Waals surface area contributed by atoms with Crippen LogP contribution in [-0.4, -0.2) is 16.7 Å². The summed E-state index contributed by atoms with van der Waals surface area (Å²) in [6, 6.07) is 9.04. The molecule has 0 saturated carbocycles. The molecular formula is C16H18N4OS. The number of nitrogens with one attached hydrogen (secondary N) is 2. The molecule has 2 N–H and O–H groups in total. The number of carbonyl (C=O) groups excluding carboxylic acids is 1. The van der Waals surface area contributed by atoms with Crippen LogP contribution in [0.4, 0.5) is 5.69 Å². The van der Waals surface area contributed by atoms with Crippen LogP contribution in [0.3, 0.4) is 0 Å². The lowest BCUT2D eigenvalue weighted by Gasteiger charge is -2.16. The molecule has 5 nitrogen and oxygen atoms in total. The van der Waals surface area contributed by atoms with E-state index in [1.807, 2.05) is 30.4 Å². The van der Waals surface area contributed by atoms with Crippen molar-refractivity contribution in [1.29, 1.82) is 10.9 Å². The maximum Gasteiger partial charge on any atom is 0.183 e. The molecule has 0 amide bonds. The van der Waals surface area contributed by atoms with Crippen molar-refractivity contribution in [3.63, 3.8) is 0 Å². The number of rotatable bonds is 6. The standard InChI is InChI=1S/C16H18N4OS/c17-16(20(19-18)14-9-5-2-6-10-14)22-12-15(21)11-13-7-3-1-4-8-13/h1-3,5-7,9-10,17-18H,4,8,11-12H2. The lowest BCUT2D eigenvalue weighted by atomic mass is 10.0. The maximum absolute atomic E-state index is 12.0. The van der Waals surface area contributed by atoms with Crippen molar-refractivity contribution in [2.75, 3.05) is 10.8 Å². The van der Waals surface area contributed by atoms with Crippen molar-refractivity contribution in [3.8, 4) is 0 Å². The summed E-state index contributed by atoms with van der Waals surface area (Å²) in [5, 5.41) is 12.6. The molecule has 1 aromatic rings. The van der Waals surface area contributed by atoms with Gasteiger partial charge in [0.05, 0.1) is 11.4 Å². The summed E-state index contributed by atoms with van der Waals surface area (Å²) in [6.45, 7) is 0. The van der Waals surface area contributed by atoms with E-state index < -0.39 is 0 Å². The van der Waals surface area contributed by atoms with Gasteiger partial charge in [-0.15, -0.1) is 0 Å². The minimum Gasteiger partial charge on any atom is -0.298 e. The van der Waals surface area contributed by atoms with Crippen molar-refractivity contribution >= 4 is 28.4 Å². The molecule has 0 bridgehead atoms. The Hall–Kier alpha value is -2.21. The fourth-order valence-electron chi connectivity index (χ4n) is 2.10. The van der Waals surface area contributed by atoms with E-state index in [4.69, 9.17) is 10.9 Å². The summed E-state index contributed by atoms with van der Waals surface area (Å²) in [7, 11) is 0. The zero-order valence-corrected chi connectivity index (χ0v) is 13.0. The molecule has 1 aliphatic rings. The van der Waals surface area contributed by atoms with Crippen molar-refractivity contribution < 1.29 is 4.79 Å². The molecule has 0 aliphatic heterocycles. The van der Waals surface area contributed by atoms with E-state index >= 15 is 0 Å². The first-order chi connectivity index (χ1) is 10.7. The number of amidine groups is 1. The number of thioether (sulfide) groups is 1. The quantitative estimate of drug-likeness (QED) is 0.355. The van der Waals surface area contributed by atoms with Gasteiger partial charge in [0.15, 0.2) is 5.17 Å². The Balaban J connectivity index is 1.86. The first-order valence-electron chi connectivity index (χ1n) is 7.01. The highest BCUT2D eigenvalue weighted by molar-refractivity contribution is 8.14. The highest BCUT2D eigenvalue weighted by Crippen LogP contribution is 2.21. The van der Waals surface area contributed by atoms with E-state index in [0.717, 1.165) is 30.2 Å². The molecule has 0 spiro atoms. The summed E-state index contributed by atoms with van der Waals surface area (Å²) in [6.07, 6.45) is 8.42. The number of allylic oxidation sites excluding steroid dienone is 4. The lowest BCUT2D eigenvalue weighted by molar-refractivity contribution is -0.116. The normalized spacial score (nSPS) is 13.4. The van der Waals surface area contributed by atoms with Crippen LogP contribution in [0.5, 0.6) is 0 Å². The van der Waals surface area contributed by atoms with Gasteiger partial charge in [-0.1, -0.05) is 59.0 Å². The van der Waals surface area contributed by atoms with Crippen LogP contribution in [0.25, 0.3) is 0 Å². The van der Waals surface area contributed by atoms with E-state index in [0.29, 0.717) is 12.1 Å². The topological polar surface area (TPSA) is 80.4 Å². The third-order valence-corrected chi connectivity index (χ3v) is 4.10. The number of para-hydroxylation sites is 1. The van der Waals surface area contributed by atoms with E-state index in [1.165, 1.54) is 5.01 Å². The van der Waals surface area contributed by atoms with Gasteiger partial charge < -0.3 is 0 Å². The van der Waals surface area contributed by atoms with Crippen LogP contribution >= 0.6 is 11.8 Å². The highest BCUT2D eigenvalue weighted by Gasteiger charge is 2.14. The second kappa shape index (κ2) is 8.29. The number of anilines is 1. The Morgan fingerprint density at radius 2 is 2.09 bits per heavy atom. The molecule has 6 heteroatoms. The molecule has 0 saturated heterocycles. The van der Waals surface area contributed by atoms with E-state index in [-0.39, 0.29) is 16.7 Å². The number of Topliss-reactive ketones (excluding diaryl/α,β-unsaturated/α-hetero) is 1. The van der Waals surface area contributed by atoms with Crippen LogP contribution in [-0.2, 0) is 4.79 Å². The lowest BCUT2D eigenvalue weighted by Crippen LogP contribution is -2.22. The molecular weight excluding hydrogens is 296 g/mol. The first-order valence-corrected chi connectivity index (χ1v) is 7.99. The smallest absolute Gasteiger partial charge is 0.183 e. The number of carbonyl (C=O) groups is 1. The van der Waals surface area contributed by atoms with Gasteiger partial charge in [0.25, 0.3) is 0 Å². The zero-order valence-electron chi connectivity index (χ0n) is 12.2. The Morgan fingerprint density at radius 3 is 2.73 bits per heavy atom. The Kier molecular flexibility index (Phi) is 6.09. The Labute approximate surface area is 134 Å². The number of benzene rings is 1. The first kappa shape index (κ1) is 16.2. The largest absolute Gasteiger partial charge is 0.298 e. The van der Waals surface area contributed by atoms with Crippen LogP contribution in [0.2, 0.25) is 0 Å². The van der Waals surface area contributed by atoms with Crippen molar-refractivity contribution in [3.05, 3.63) is 54.1 Å². The Morgan fingerprint density at radius 1 is 1.32 bits per heavy atom. The molecule has 0 atom stereocenters. The van der Waals surface area contributed by atoms with E-state index in [9.17, 15) is 4.79 Å². The average molecular weight is 314 g/mol. The van der Waals surface area contributed by atoms with Gasteiger partial charge in [0, 0.05) is 6.42 Å². The molecule has 1 aromatic carbocycles. The van der Waals surface area contributed by atoms with Gasteiger partial charge >= 0.3 is 0 Å². The van der Waals surface area contributed by atoms with Crippen molar-refractivity contribution in [2.45, 2.75) is 19.3 Å². The molecule has 0 unspecified atom stereocenters. The minimum absolute atomic E-state index is 0.0760. The molecule has 114 valence electrons. The number of nitrogens with zero attached hydrogens (tertiary/aromatic N) is 2. The van der Waals surface area contributed by atoms with Crippen LogP contribution in [0, 0.1) is 10.9 Å². The minimum atomic E-state index is 0.0760. The number of ketones is 1. The van der Waals surface area contributed by atoms with Gasteiger partial charge in [-0.25, -0.2) is 0 Å². The monoisotopic (exact) mass is 314 g/mol. The average Bonchev–Trinajstić information content (AvgIpc) is 2.55. The molecule has 0 radical (unpaired) electrons. The fourth-order valence-corrected chi connectivity index (χ4v) is 2.77. The zero-order chi connectivity index (χ0) is 15.8. The Bertz CT molecular complexity index is 610. The van der Waals surface area contributed by atoms with Crippen LogP contribution in [0.1, 0.15) is 19.3 Å². The van der Waals surface area contributed by atoms with Gasteiger partial charge in [0.2, 0.25) is 0 Å². The van der Waals surface area contributed by atoms with Crippen molar-refractivity contribution in [2.24, 2.45) is 5.22 Å². The molecule has 2 rings (SSSR count). The number of hydrogen-bond donors (Lipinski definition) is 2. The predicted molar refractivity (Wildman–Crippen MR) is 90.3 cm³/mol. The van der Waals surface area contributed by atoms with Gasteiger partial charge in [-0.3, -0.25) is 10.2 Å². The third kappa shape index (κ3) is 4.66. The van der Waals surface area contributed by atoms with Crippen LogP contribution in [0.15, 0.2) is 59.4 Å². The van der Waals surface area contributed by atoms with Gasteiger partial charge in [-0.2, -0.15) is 10.5 Å². The van der Waals surface area contributed by atoms with Crippen molar-refractivity contribution in [1.82, 2.24) is 0 Å². The fraction of sp³-hybridized carbons (Fsp3) is 0.250. The molecule has 0 aromatic heterocycles. The predicted octanol–water partition coefficient (Wildman–Crippen LogP) is 4.34. The highest BCUT2D eigenvalue weighted by atomic mass is 32.2. The second-order valence-electron chi connectivity index (χ2n) is 4.85. The van der Waals surface area contributed by atoms with Gasteiger partial charge in [-0.05, 0) is 25.0 Å². The van der Waals surface area contributed by atoms with Gasteiger partial charge in [0.1, 0.15) is 5.78 Å². The SMILES string of the molecule is N=NN(C(=N)SCC(=O)CC1=CC=CCC1)c1ccccc1. The summed E-state index contributed by atoms with van der Waals surface area (Å²) in [4.78, 5) is 12.0. The summed E-state index contributed by atoms with van der Waals surface area (Å²) >= 11 is 1.10. The maximum atomic E-state index is 12.0. The van der Waals surface area contributed by atoms with E-state index in [1.54, 1.807) is 12.1 Å². The molecule has 22 heavy (non-hydrogen) atoms. The molecule has 0 fully saturated rings. The summed E-state index contributed by atoms with van der Waals surface area (Å²) < 4.78 is 0.